The molecule has 1 aromatic carbocycles. The molecule has 13 saturated carbocycles. The second kappa shape index (κ2) is 9.39. The molecule has 292 valence electrons. The van der Waals surface area contributed by atoms with Crippen molar-refractivity contribution in [2.45, 2.75) is 64.3 Å². The van der Waals surface area contributed by atoms with Gasteiger partial charge in [0, 0.05) is 38.1 Å². The molecule has 0 aromatic heterocycles. The van der Waals surface area contributed by atoms with E-state index in [1.54, 1.807) is 49.7 Å². The summed E-state index contributed by atoms with van der Waals surface area (Å²) in [6.07, 6.45) is 12.9. The van der Waals surface area contributed by atoms with Gasteiger partial charge in [-0.15, -0.1) is 0 Å². The number of ether oxygens (including phenoxy) is 2. The van der Waals surface area contributed by atoms with Crippen molar-refractivity contribution in [2.24, 2.45) is 159 Å². The molecular weight excluding hydrogens is 683 g/mol. The summed E-state index contributed by atoms with van der Waals surface area (Å²) >= 11 is 0. The number of likely N-dealkylation sites (tertiary alicyclic amines) is 1. The minimum atomic E-state index is 0.474. The van der Waals surface area contributed by atoms with Gasteiger partial charge in [0.15, 0.2) is 0 Å². The number of methoxy groups -OCH3 is 1. The molecule has 1 spiro atoms. The lowest BCUT2D eigenvalue weighted by atomic mass is 9.42. The van der Waals surface area contributed by atoms with Gasteiger partial charge in [-0.05, 0) is 217 Å². The molecule has 28 unspecified atom stereocenters. The van der Waals surface area contributed by atoms with Crippen LogP contribution in [0.1, 0.15) is 68.5 Å². The third kappa shape index (κ3) is 2.82. The molecule has 16 aliphatic carbocycles. The molecule has 0 amide bonds. The summed E-state index contributed by atoms with van der Waals surface area (Å²) in [4.78, 5) is 3.09. The topological polar surface area (TPSA) is 21.7 Å². The van der Waals surface area contributed by atoms with Crippen molar-refractivity contribution < 1.29 is 9.47 Å². The largest absolute Gasteiger partial charge is 0.382 e. The van der Waals surface area contributed by atoms with E-state index in [1.165, 1.54) is 54.9 Å². The van der Waals surface area contributed by atoms with Gasteiger partial charge < -0.3 is 9.47 Å². The number of rotatable bonds is 7. The Balaban J connectivity index is 0.914. The molecule has 1 aliphatic heterocycles. The van der Waals surface area contributed by atoms with Crippen molar-refractivity contribution in [1.82, 2.24) is 4.90 Å². The van der Waals surface area contributed by atoms with Crippen molar-refractivity contribution in [3.8, 4) is 0 Å². The number of allylic oxidation sites excluding steroid dienone is 3. The summed E-state index contributed by atoms with van der Waals surface area (Å²) in [5.41, 5.74) is 12.4. The smallest absolute Gasteiger partial charge is 0.0700 e. The van der Waals surface area contributed by atoms with Crippen molar-refractivity contribution in [3.05, 3.63) is 57.7 Å². The zero-order valence-corrected chi connectivity index (χ0v) is 33.9. The zero-order chi connectivity index (χ0) is 35.6. The fraction of sp³-hybridized carbons (Fsp3) is 0.811. The maximum absolute atomic E-state index is 6.40. The standard InChI is InChI=1S/C53H63NO2/c1-20-5-3-4-6-28(20)52-50-29-17-26-15-23-13-24-12-21-11-22-14-25-16-27-18-53(50,19-54(52)7-8-56-10-9-55-2)51-36(27)41-35(25)40-31(22)30(21)38-34(24)39-32(23)33(26)42-37(29)49(51)48-46(41)44(40)43(38)45(39)47(42)48/h3-6,21-25,27,30-32,34-36,38-52H,7-19H2,1-2H3. The first-order chi connectivity index (χ1) is 27.7. The molecular formula is C53H63NO2. The lowest BCUT2D eigenvalue weighted by Gasteiger charge is -2.62. The number of hydrogen-bond donors (Lipinski definition) is 0. The fourth-order valence-corrected chi connectivity index (χ4v) is 26.5. The van der Waals surface area contributed by atoms with E-state index in [1.807, 2.05) is 7.11 Å². The summed E-state index contributed by atoms with van der Waals surface area (Å²) in [5.74, 6) is 28.2. The normalized spacial score (nSPS) is 65.5. The predicted octanol–water partition coefficient (Wildman–Crippen LogP) is 8.95. The van der Waals surface area contributed by atoms with E-state index in [0.717, 1.165) is 138 Å². The van der Waals surface area contributed by atoms with Gasteiger partial charge in [-0.3, -0.25) is 4.90 Å². The van der Waals surface area contributed by atoms with Crippen LogP contribution < -0.4 is 0 Å². The van der Waals surface area contributed by atoms with Gasteiger partial charge >= 0.3 is 0 Å². The summed E-state index contributed by atoms with van der Waals surface area (Å²) in [6.45, 7) is 7.21. The van der Waals surface area contributed by atoms with Crippen LogP contribution in [0.3, 0.4) is 0 Å². The molecule has 14 fully saturated rings. The number of nitrogens with zero attached hydrogens (tertiary/aromatic N) is 1. The molecule has 28 atom stereocenters. The summed E-state index contributed by atoms with van der Waals surface area (Å²) in [7, 11) is 1.82. The van der Waals surface area contributed by atoms with Gasteiger partial charge in [0.05, 0.1) is 19.8 Å². The molecule has 0 radical (unpaired) electrons. The van der Waals surface area contributed by atoms with Crippen molar-refractivity contribution in [3.63, 3.8) is 0 Å². The van der Waals surface area contributed by atoms with Gasteiger partial charge in [0.25, 0.3) is 0 Å². The highest BCUT2D eigenvalue weighted by Crippen LogP contribution is 2.93. The Morgan fingerprint density at radius 1 is 0.643 bits per heavy atom. The Kier molecular flexibility index (Phi) is 5.13. The molecule has 1 saturated heterocycles. The summed E-state index contributed by atoms with van der Waals surface area (Å²) in [5, 5.41) is 0. The van der Waals surface area contributed by atoms with Crippen molar-refractivity contribution in [2.75, 3.05) is 40.0 Å². The first-order valence-corrected chi connectivity index (χ1v) is 25.0. The molecule has 3 heteroatoms. The van der Waals surface area contributed by atoms with Crippen LogP contribution in [-0.4, -0.2) is 44.9 Å². The van der Waals surface area contributed by atoms with Crippen LogP contribution in [0.25, 0.3) is 0 Å². The predicted molar refractivity (Wildman–Crippen MR) is 212 cm³/mol. The van der Waals surface area contributed by atoms with E-state index in [2.05, 4.69) is 58.4 Å². The van der Waals surface area contributed by atoms with Crippen LogP contribution >= 0.6 is 0 Å². The molecule has 18 rings (SSSR count). The zero-order valence-electron chi connectivity index (χ0n) is 33.9. The molecule has 1 aromatic rings. The minimum absolute atomic E-state index is 0.474. The van der Waals surface area contributed by atoms with E-state index in [-0.39, 0.29) is 0 Å². The van der Waals surface area contributed by atoms with Gasteiger partial charge in [-0.1, -0.05) is 46.6 Å². The lowest BCUT2D eigenvalue weighted by Crippen LogP contribution is -2.59. The highest BCUT2D eigenvalue weighted by molar-refractivity contribution is 5.56. The number of benzene rings is 1. The Morgan fingerprint density at radius 2 is 1.29 bits per heavy atom. The monoisotopic (exact) mass is 745 g/mol. The van der Waals surface area contributed by atoms with Crippen LogP contribution in [-0.2, 0) is 9.47 Å². The third-order valence-electron chi connectivity index (χ3n) is 25.3. The quantitative estimate of drug-likeness (QED) is 0.206. The van der Waals surface area contributed by atoms with E-state index in [0.29, 0.717) is 18.1 Å². The summed E-state index contributed by atoms with van der Waals surface area (Å²) < 4.78 is 11.8. The van der Waals surface area contributed by atoms with Gasteiger partial charge in [-0.2, -0.15) is 0 Å². The number of aryl methyl sites for hydroxylation is 1. The SMILES string of the molecule is COCCOCCN1CC23CC4CC5CC6CC7CC8CC9CC%10=C%11C%12C(=C(C%10)C2C1c1ccccc1C)C1C2C%12C%10C(C%119)C8C8C7C6C6C5C(C2C6C8%10)C4C13. The second-order valence-electron chi connectivity index (χ2n) is 25.2. The Bertz CT molecular complexity index is 2130. The molecule has 1 heterocycles. The number of fused-ring (bicyclic) bond motifs is 1. The van der Waals surface area contributed by atoms with Gasteiger partial charge in [0.2, 0.25) is 0 Å². The van der Waals surface area contributed by atoms with Crippen LogP contribution in [0, 0.1) is 166 Å². The van der Waals surface area contributed by atoms with Crippen LogP contribution in [0.4, 0.5) is 0 Å². The Hall–Kier alpha value is -1.42. The highest BCUT2D eigenvalue weighted by Gasteiger charge is 2.88. The molecule has 0 bridgehead atoms. The molecule has 3 nitrogen and oxygen atoms in total. The van der Waals surface area contributed by atoms with E-state index >= 15 is 0 Å². The van der Waals surface area contributed by atoms with E-state index < -0.39 is 0 Å². The van der Waals surface area contributed by atoms with Crippen LogP contribution in [0.5, 0.6) is 0 Å². The van der Waals surface area contributed by atoms with E-state index in [4.69, 9.17) is 9.47 Å². The van der Waals surface area contributed by atoms with Crippen LogP contribution in [0.2, 0.25) is 0 Å². The lowest BCUT2D eigenvalue weighted by molar-refractivity contribution is -0.146. The third-order valence-corrected chi connectivity index (χ3v) is 25.3. The average Bonchev–Trinajstić information content (AvgIpc) is 4.05. The minimum Gasteiger partial charge on any atom is -0.382 e. The first-order valence-electron chi connectivity index (χ1n) is 25.0. The number of hydrogen-bond acceptors (Lipinski definition) is 3. The van der Waals surface area contributed by atoms with Crippen molar-refractivity contribution >= 4 is 0 Å². The van der Waals surface area contributed by atoms with Gasteiger partial charge in [0.1, 0.15) is 0 Å². The van der Waals surface area contributed by atoms with E-state index in [9.17, 15) is 0 Å². The molecule has 17 aliphatic rings. The fourth-order valence-electron chi connectivity index (χ4n) is 26.5. The molecule has 0 N–H and O–H groups in total. The van der Waals surface area contributed by atoms with Crippen molar-refractivity contribution in [1.29, 1.82) is 0 Å². The maximum Gasteiger partial charge on any atom is 0.0700 e. The first kappa shape index (κ1) is 30.6. The summed E-state index contributed by atoms with van der Waals surface area (Å²) in [6, 6.07) is 10.3. The maximum atomic E-state index is 6.40. The Labute approximate surface area is 334 Å². The average molecular weight is 746 g/mol. The molecule has 56 heavy (non-hydrogen) atoms. The highest BCUT2D eigenvalue weighted by atomic mass is 16.5. The van der Waals surface area contributed by atoms with Crippen LogP contribution in [0.15, 0.2) is 46.6 Å². The Morgan fingerprint density at radius 3 is 2.07 bits per heavy atom. The second-order valence-corrected chi connectivity index (χ2v) is 25.2. The van der Waals surface area contributed by atoms with Gasteiger partial charge in [-0.25, -0.2) is 0 Å².